The van der Waals surface area contributed by atoms with Gasteiger partial charge in [0, 0.05) is 56.6 Å². The van der Waals surface area contributed by atoms with Crippen LogP contribution in [0, 0.1) is 0 Å². The van der Waals surface area contributed by atoms with Crippen molar-refractivity contribution in [3.05, 3.63) is 42.2 Å². The van der Waals surface area contributed by atoms with Gasteiger partial charge in [-0.3, -0.25) is 4.90 Å². The van der Waals surface area contributed by atoms with Crippen molar-refractivity contribution in [2.24, 2.45) is 0 Å². The summed E-state index contributed by atoms with van der Waals surface area (Å²) in [5.41, 5.74) is 1.41. The third-order valence-electron chi connectivity index (χ3n) is 4.94. The van der Waals surface area contributed by atoms with Gasteiger partial charge >= 0.3 is 0 Å². The quantitative estimate of drug-likeness (QED) is 0.723. The Bertz CT molecular complexity index is 721. The van der Waals surface area contributed by atoms with Gasteiger partial charge in [0.15, 0.2) is 0 Å². The number of hydrogen-bond donors (Lipinski definition) is 0. The number of anilines is 1. The van der Waals surface area contributed by atoms with Crippen molar-refractivity contribution in [3.63, 3.8) is 0 Å². The predicted molar refractivity (Wildman–Crippen MR) is 105 cm³/mol. The highest BCUT2D eigenvalue weighted by Crippen LogP contribution is 2.37. The minimum atomic E-state index is 0.855. The van der Waals surface area contributed by atoms with Crippen LogP contribution in [0.5, 0.6) is 5.75 Å². The molecule has 0 atom stereocenters. The Balaban J connectivity index is 1.18. The van der Waals surface area contributed by atoms with E-state index in [-0.39, 0.29) is 0 Å². The van der Waals surface area contributed by atoms with Gasteiger partial charge in [-0.25, -0.2) is 14.3 Å². The van der Waals surface area contributed by atoms with Crippen LogP contribution in [0.3, 0.4) is 0 Å². The van der Waals surface area contributed by atoms with E-state index in [1.807, 2.05) is 30.4 Å². The molecule has 7 heteroatoms. The first-order valence-electron chi connectivity index (χ1n) is 9.16. The molecule has 0 N–H and O–H groups in total. The summed E-state index contributed by atoms with van der Waals surface area (Å²) >= 11 is 1.86. The summed E-state index contributed by atoms with van der Waals surface area (Å²) in [6, 6.07) is 8.25. The minimum absolute atomic E-state index is 0.855. The lowest BCUT2D eigenvalue weighted by Gasteiger charge is -2.34. The minimum Gasteiger partial charge on any atom is -0.497 e. The van der Waals surface area contributed by atoms with Gasteiger partial charge in [0.1, 0.15) is 5.75 Å². The molecule has 4 rings (SSSR count). The van der Waals surface area contributed by atoms with E-state index in [4.69, 9.17) is 4.74 Å². The van der Waals surface area contributed by atoms with Gasteiger partial charge in [-0.2, -0.15) is 0 Å². The van der Waals surface area contributed by atoms with E-state index in [0.717, 1.165) is 57.5 Å². The summed E-state index contributed by atoms with van der Waals surface area (Å²) in [6.07, 6.45) is 4.83. The smallest absolute Gasteiger partial charge is 0.225 e. The average Bonchev–Trinajstić information content (AvgIpc) is 3.11. The number of rotatable bonds is 6. The standard InChI is InChI=1S/C19H25N5OS/c1-25-17-5-4-16-15-24(26-18(16)14-17)9-3-8-22-10-12-23(13-11-22)19-20-6-2-7-21-19/h2,4-7,14H,3,8-13,15H2,1H3. The molecule has 0 aliphatic carbocycles. The van der Waals surface area contributed by atoms with Crippen LogP contribution in [0.2, 0.25) is 0 Å². The second-order valence-electron chi connectivity index (χ2n) is 6.66. The fourth-order valence-corrected chi connectivity index (χ4v) is 4.58. The van der Waals surface area contributed by atoms with Crippen molar-refractivity contribution < 1.29 is 4.74 Å². The summed E-state index contributed by atoms with van der Waals surface area (Å²) in [6.45, 7) is 7.49. The Labute approximate surface area is 159 Å². The van der Waals surface area contributed by atoms with E-state index in [2.05, 4.69) is 42.3 Å². The van der Waals surface area contributed by atoms with Crippen LogP contribution >= 0.6 is 11.9 Å². The summed E-state index contributed by atoms with van der Waals surface area (Å²) in [4.78, 5) is 14.9. The van der Waals surface area contributed by atoms with Gasteiger partial charge in [0.2, 0.25) is 5.95 Å². The molecule has 138 valence electrons. The van der Waals surface area contributed by atoms with Gasteiger partial charge in [-0.1, -0.05) is 6.07 Å². The molecule has 6 nitrogen and oxygen atoms in total. The molecule has 2 aromatic rings. The van der Waals surface area contributed by atoms with Gasteiger partial charge in [0.05, 0.1) is 7.11 Å². The molecular formula is C19H25N5OS. The third-order valence-corrected chi connectivity index (χ3v) is 6.08. The van der Waals surface area contributed by atoms with Gasteiger partial charge in [0.25, 0.3) is 0 Å². The third kappa shape index (κ3) is 4.11. The van der Waals surface area contributed by atoms with Crippen LogP contribution in [-0.2, 0) is 6.54 Å². The van der Waals surface area contributed by atoms with Crippen molar-refractivity contribution in [1.82, 2.24) is 19.2 Å². The van der Waals surface area contributed by atoms with Crippen LogP contribution in [0.1, 0.15) is 12.0 Å². The SMILES string of the molecule is COc1ccc2c(c1)SN(CCCN1CCN(c3ncccn3)CC1)C2. The molecule has 0 saturated carbocycles. The number of nitrogens with zero attached hydrogens (tertiary/aromatic N) is 5. The van der Waals surface area contributed by atoms with E-state index >= 15 is 0 Å². The van der Waals surface area contributed by atoms with Crippen LogP contribution in [-0.4, -0.2) is 65.6 Å². The fourth-order valence-electron chi connectivity index (χ4n) is 3.46. The molecule has 1 saturated heterocycles. The first kappa shape index (κ1) is 17.6. The number of fused-ring (bicyclic) bond motifs is 1. The normalized spacial score (nSPS) is 18.1. The van der Waals surface area contributed by atoms with Gasteiger partial charge in [-0.05, 0) is 48.7 Å². The average molecular weight is 372 g/mol. The van der Waals surface area contributed by atoms with Crippen molar-refractivity contribution >= 4 is 17.9 Å². The van der Waals surface area contributed by atoms with E-state index < -0.39 is 0 Å². The zero-order chi connectivity index (χ0) is 17.8. The Kier molecular flexibility index (Phi) is 5.57. The first-order chi connectivity index (χ1) is 12.8. The number of methoxy groups -OCH3 is 1. The van der Waals surface area contributed by atoms with Crippen LogP contribution in [0.15, 0.2) is 41.6 Å². The maximum absolute atomic E-state index is 5.32. The number of hydrogen-bond acceptors (Lipinski definition) is 7. The van der Waals surface area contributed by atoms with Gasteiger partial charge in [-0.15, -0.1) is 0 Å². The molecule has 1 fully saturated rings. The highest BCUT2D eigenvalue weighted by Gasteiger charge is 2.22. The molecule has 0 radical (unpaired) electrons. The van der Waals surface area contributed by atoms with Crippen molar-refractivity contribution in [3.8, 4) is 5.75 Å². The predicted octanol–water partition coefficient (Wildman–Crippen LogP) is 2.52. The largest absolute Gasteiger partial charge is 0.497 e. The van der Waals surface area contributed by atoms with Crippen LogP contribution in [0.4, 0.5) is 5.95 Å². The fraction of sp³-hybridized carbons (Fsp3) is 0.474. The van der Waals surface area contributed by atoms with Crippen LogP contribution < -0.4 is 9.64 Å². The Morgan fingerprint density at radius 3 is 2.65 bits per heavy atom. The molecule has 1 aromatic carbocycles. The summed E-state index contributed by atoms with van der Waals surface area (Å²) in [5.74, 6) is 1.80. The molecule has 2 aliphatic rings. The lowest BCUT2D eigenvalue weighted by atomic mass is 10.2. The maximum atomic E-state index is 5.32. The Morgan fingerprint density at radius 1 is 1.08 bits per heavy atom. The number of ether oxygens (including phenoxy) is 1. The molecule has 26 heavy (non-hydrogen) atoms. The topological polar surface area (TPSA) is 44.7 Å². The monoisotopic (exact) mass is 371 g/mol. The summed E-state index contributed by atoms with van der Waals surface area (Å²) < 4.78 is 7.78. The van der Waals surface area contributed by atoms with Crippen LogP contribution in [0.25, 0.3) is 0 Å². The number of aromatic nitrogens is 2. The molecule has 0 amide bonds. The van der Waals surface area contributed by atoms with E-state index in [9.17, 15) is 0 Å². The van der Waals surface area contributed by atoms with E-state index in [0.29, 0.717) is 0 Å². The highest BCUT2D eigenvalue weighted by atomic mass is 32.2. The highest BCUT2D eigenvalue weighted by molar-refractivity contribution is 7.97. The number of piperazine rings is 1. The Hall–Kier alpha value is -1.83. The van der Waals surface area contributed by atoms with Crippen molar-refractivity contribution in [2.75, 3.05) is 51.3 Å². The van der Waals surface area contributed by atoms with Crippen molar-refractivity contribution in [1.29, 1.82) is 0 Å². The second kappa shape index (κ2) is 8.24. The first-order valence-corrected chi connectivity index (χ1v) is 9.93. The molecule has 3 heterocycles. The van der Waals surface area contributed by atoms with Gasteiger partial charge < -0.3 is 9.64 Å². The zero-order valence-electron chi connectivity index (χ0n) is 15.2. The molecule has 0 unspecified atom stereocenters. The lowest BCUT2D eigenvalue weighted by molar-refractivity contribution is 0.246. The molecule has 0 spiro atoms. The molecule has 0 bridgehead atoms. The summed E-state index contributed by atoms with van der Waals surface area (Å²) in [5, 5.41) is 0. The molecule has 1 aromatic heterocycles. The lowest BCUT2D eigenvalue weighted by Crippen LogP contribution is -2.47. The molecule has 2 aliphatic heterocycles. The second-order valence-corrected chi connectivity index (χ2v) is 7.80. The maximum Gasteiger partial charge on any atom is 0.225 e. The van der Waals surface area contributed by atoms with E-state index in [1.54, 1.807) is 7.11 Å². The summed E-state index contributed by atoms with van der Waals surface area (Å²) in [7, 11) is 1.72. The zero-order valence-corrected chi connectivity index (χ0v) is 16.0. The Morgan fingerprint density at radius 2 is 1.88 bits per heavy atom. The van der Waals surface area contributed by atoms with E-state index in [1.165, 1.54) is 16.9 Å². The molecular weight excluding hydrogens is 346 g/mol. The van der Waals surface area contributed by atoms with Crippen molar-refractivity contribution in [2.45, 2.75) is 17.9 Å². The number of benzene rings is 1.